The van der Waals surface area contributed by atoms with Crippen LogP contribution in [0.5, 0.6) is 0 Å². The van der Waals surface area contributed by atoms with E-state index >= 15 is 0 Å². The van der Waals surface area contributed by atoms with Crippen molar-refractivity contribution in [1.29, 1.82) is 0 Å². The second kappa shape index (κ2) is 7.12. The zero-order valence-electron chi connectivity index (χ0n) is 14.8. The first-order valence-corrected chi connectivity index (χ1v) is 9.00. The predicted octanol–water partition coefficient (Wildman–Crippen LogP) is 3.21. The smallest absolute Gasteiger partial charge is 0.247 e. The summed E-state index contributed by atoms with van der Waals surface area (Å²) in [6.45, 7) is 2.61. The number of carbonyl (C=O) groups is 1. The van der Waals surface area contributed by atoms with Crippen LogP contribution in [0, 0.1) is 0 Å². The molecule has 0 saturated heterocycles. The molecule has 1 aliphatic heterocycles. The van der Waals surface area contributed by atoms with E-state index in [9.17, 15) is 4.79 Å². The summed E-state index contributed by atoms with van der Waals surface area (Å²) in [4.78, 5) is 19.2. The summed E-state index contributed by atoms with van der Waals surface area (Å²) in [7, 11) is 0. The lowest BCUT2D eigenvalue weighted by Crippen LogP contribution is -2.44. The Kier molecular flexibility index (Phi) is 4.52. The topological polar surface area (TPSA) is 51.0 Å². The fourth-order valence-corrected chi connectivity index (χ4v) is 3.74. The lowest BCUT2D eigenvalue weighted by atomic mass is 9.88. The Balaban J connectivity index is 1.67. The summed E-state index contributed by atoms with van der Waals surface area (Å²) < 4.78 is 1.63. The fourth-order valence-electron chi connectivity index (χ4n) is 3.74. The van der Waals surface area contributed by atoms with E-state index in [0.29, 0.717) is 0 Å². The zero-order valence-corrected chi connectivity index (χ0v) is 14.8. The molecule has 26 heavy (non-hydrogen) atoms. The summed E-state index contributed by atoms with van der Waals surface area (Å²) in [5, 5.41) is 4.14. The van der Waals surface area contributed by atoms with Crippen LogP contribution in [-0.4, -0.2) is 32.1 Å². The van der Waals surface area contributed by atoms with Crippen molar-refractivity contribution in [3.8, 4) is 0 Å². The first-order valence-electron chi connectivity index (χ1n) is 9.00. The van der Waals surface area contributed by atoms with Gasteiger partial charge in [-0.15, -0.1) is 0 Å². The van der Waals surface area contributed by atoms with E-state index in [0.717, 1.165) is 19.4 Å². The zero-order chi connectivity index (χ0) is 17.9. The van der Waals surface area contributed by atoms with Gasteiger partial charge in [0.2, 0.25) is 5.91 Å². The van der Waals surface area contributed by atoms with Crippen molar-refractivity contribution in [3.63, 3.8) is 0 Å². The molecule has 0 radical (unpaired) electrons. The van der Waals surface area contributed by atoms with Crippen LogP contribution in [-0.2, 0) is 17.6 Å². The molecule has 0 aliphatic carbocycles. The Hall–Kier alpha value is -2.95. The Morgan fingerprint density at radius 1 is 1.15 bits per heavy atom. The van der Waals surface area contributed by atoms with Crippen molar-refractivity contribution >= 4 is 5.91 Å². The maximum Gasteiger partial charge on any atom is 0.247 e. The van der Waals surface area contributed by atoms with Gasteiger partial charge in [-0.25, -0.2) is 9.67 Å². The molecule has 1 amide bonds. The highest BCUT2D eigenvalue weighted by atomic mass is 16.2. The van der Waals surface area contributed by atoms with Crippen molar-refractivity contribution < 1.29 is 4.79 Å². The molecule has 1 aliphatic rings. The Labute approximate surface area is 153 Å². The van der Waals surface area contributed by atoms with Crippen LogP contribution < -0.4 is 0 Å². The van der Waals surface area contributed by atoms with Crippen LogP contribution in [0.25, 0.3) is 0 Å². The van der Waals surface area contributed by atoms with E-state index in [-0.39, 0.29) is 18.0 Å². The van der Waals surface area contributed by atoms with Gasteiger partial charge in [0.15, 0.2) is 0 Å². The van der Waals surface area contributed by atoms with Gasteiger partial charge in [-0.3, -0.25) is 4.79 Å². The van der Waals surface area contributed by atoms with E-state index in [1.165, 1.54) is 23.0 Å². The van der Waals surface area contributed by atoms with Crippen molar-refractivity contribution in [2.24, 2.45) is 0 Å². The van der Waals surface area contributed by atoms with Gasteiger partial charge in [0, 0.05) is 6.54 Å². The highest BCUT2D eigenvalue weighted by molar-refractivity contribution is 5.81. The highest BCUT2D eigenvalue weighted by Gasteiger charge is 2.33. The summed E-state index contributed by atoms with van der Waals surface area (Å²) in [5.74, 6) is 0.0888. The first-order chi connectivity index (χ1) is 12.7. The fraction of sp³-hybridized carbons (Fsp3) is 0.286. The molecule has 2 heterocycles. The number of nitrogens with zero attached hydrogens (tertiary/aromatic N) is 4. The van der Waals surface area contributed by atoms with Crippen LogP contribution in [0.2, 0.25) is 0 Å². The minimum Gasteiger partial charge on any atom is -0.333 e. The van der Waals surface area contributed by atoms with Crippen LogP contribution in [0.3, 0.4) is 0 Å². The molecule has 4 rings (SSSR count). The number of aromatic nitrogens is 3. The van der Waals surface area contributed by atoms with Crippen LogP contribution in [0.1, 0.15) is 35.7 Å². The van der Waals surface area contributed by atoms with E-state index in [2.05, 4.69) is 46.5 Å². The molecule has 0 saturated carbocycles. The molecular weight excluding hydrogens is 324 g/mol. The molecule has 5 heteroatoms. The third kappa shape index (κ3) is 3.12. The Morgan fingerprint density at radius 3 is 2.69 bits per heavy atom. The van der Waals surface area contributed by atoms with Gasteiger partial charge in [0.25, 0.3) is 0 Å². The molecule has 1 aromatic heterocycles. The summed E-state index contributed by atoms with van der Waals surface area (Å²) in [6.07, 6.45) is 4.77. The van der Waals surface area contributed by atoms with Crippen molar-refractivity contribution in [1.82, 2.24) is 19.7 Å². The van der Waals surface area contributed by atoms with Gasteiger partial charge in [0.05, 0.1) is 6.04 Å². The van der Waals surface area contributed by atoms with E-state index in [1.807, 2.05) is 30.0 Å². The molecule has 5 nitrogen and oxygen atoms in total. The maximum atomic E-state index is 13.2. The second-order valence-corrected chi connectivity index (χ2v) is 6.74. The summed E-state index contributed by atoms with van der Waals surface area (Å²) in [5.41, 5.74) is 3.83. The van der Waals surface area contributed by atoms with E-state index in [4.69, 9.17) is 0 Å². The first kappa shape index (κ1) is 16.5. The molecule has 0 spiro atoms. The Bertz CT molecular complexity index is 876. The normalized spacial score (nSPS) is 17.6. The van der Waals surface area contributed by atoms with Crippen LogP contribution >= 0.6 is 0 Å². The third-order valence-corrected chi connectivity index (χ3v) is 5.16. The molecule has 2 aromatic carbocycles. The minimum atomic E-state index is -0.360. The largest absolute Gasteiger partial charge is 0.333 e. The third-order valence-electron chi connectivity index (χ3n) is 5.16. The van der Waals surface area contributed by atoms with Gasteiger partial charge in [-0.2, -0.15) is 5.10 Å². The molecule has 0 unspecified atom stereocenters. The highest BCUT2D eigenvalue weighted by Crippen LogP contribution is 2.33. The lowest BCUT2D eigenvalue weighted by Gasteiger charge is -2.39. The minimum absolute atomic E-state index is 0.0424. The number of benzene rings is 2. The summed E-state index contributed by atoms with van der Waals surface area (Å²) in [6, 6.07) is 18.5. The molecule has 132 valence electrons. The lowest BCUT2D eigenvalue weighted by molar-refractivity contribution is -0.137. The van der Waals surface area contributed by atoms with Crippen LogP contribution in [0.4, 0.5) is 0 Å². The number of rotatable bonds is 4. The average Bonchev–Trinajstić information content (AvgIpc) is 3.23. The SMILES string of the molecule is C[C@@H](C(=O)N1CCc2ccccc2[C@@H]1Cc1ccccc1)n1cncn1. The average molecular weight is 346 g/mol. The van der Waals surface area contributed by atoms with Gasteiger partial charge >= 0.3 is 0 Å². The number of hydrogen-bond acceptors (Lipinski definition) is 3. The van der Waals surface area contributed by atoms with E-state index in [1.54, 1.807) is 11.0 Å². The van der Waals surface area contributed by atoms with Crippen LogP contribution in [0.15, 0.2) is 67.3 Å². The monoisotopic (exact) mass is 346 g/mol. The number of hydrogen-bond donors (Lipinski definition) is 0. The van der Waals surface area contributed by atoms with Crippen molar-refractivity contribution in [2.75, 3.05) is 6.54 Å². The van der Waals surface area contributed by atoms with Crippen molar-refractivity contribution in [3.05, 3.63) is 83.9 Å². The van der Waals surface area contributed by atoms with Crippen molar-refractivity contribution in [2.45, 2.75) is 31.8 Å². The molecule has 3 aromatic rings. The molecular formula is C21H22N4O. The standard InChI is InChI=1S/C21H22N4O/c1-16(25-15-22-14-23-25)21(26)24-12-11-18-9-5-6-10-19(18)20(24)13-17-7-3-2-4-8-17/h2-10,14-16,20H,11-13H2,1H3/t16-,20-/m0/s1. The predicted molar refractivity (Wildman–Crippen MR) is 99.5 cm³/mol. The second-order valence-electron chi connectivity index (χ2n) is 6.74. The number of fused-ring (bicyclic) bond motifs is 1. The molecule has 0 N–H and O–H groups in total. The molecule has 2 atom stereocenters. The Morgan fingerprint density at radius 2 is 1.92 bits per heavy atom. The number of amides is 1. The van der Waals surface area contributed by atoms with E-state index < -0.39 is 0 Å². The van der Waals surface area contributed by atoms with Gasteiger partial charge in [-0.1, -0.05) is 54.6 Å². The van der Waals surface area contributed by atoms with Gasteiger partial charge in [-0.05, 0) is 36.5 Å². The molecule has 0 bridgehead atoms. The summed E-state index contributed by atoms with van der Waals surface area (Å²) >= 11 is 0. The quantitative estimate of drug-likeness (QED) is 0.729. The molecule has 0 fully saturated rings. The number of carbonyl (C=O) groups excluding carboxylic acids is 1. The van der Waals surface area contributed by atoms with Gasteiger partial charge < -0.3 is 4.90 Å². The van der Waals surface area contributed by atoms with Gasteiger partial charge in [0.1, 0.15) is 18.7 Å². The maximum absolute atomic E-state index is 13.2.